The number of amides is 1. The maximum absolute atomic E-state index is 12.4. The van der Waals surface area contributed by atoms with Crippen LogP contribution < -0.4 is 4.74 Å². The molecule has 1 aromatic heterocycles. The van der Waals surface area contributed by atoms with Gasteiger partial charge in [0.05, 0.1) is 13.0 Å². The number of carbonyl (C=O) groups excluding carboxylic acids is 1. The maximum atomic E-state index is 12.4. The summed E-state index contributed by atoms with van der Waals surface area (Å²) < 4.78 is 5.63. The van der Waals surface area contributed by atoms with E-state index in [9.17, 15) is 4.79 Å². The molecule has 126 valence electrons. The molecule has 1 aliphatic rings. The minimum absolute atomic E-state index is 0.154. The molecule has 2 heterocycles. The molecule has 1 fully saturated rings. The number of hydrogen-bond donors (Lipinski definition) is 0. The van der Waals surface area contributed by atoms with Crippen LogP contribution in [0.1, 0.15) is 36.7 Å². The Morgan fingerprint density at radius 2 is 2.12 bits per heavy atom. The molecule has 1 aliphatic heterocycles. The van der Waals surface area contributed by atoms with Crippen LogP contribution in [0.15, 0.2) is 42.6 Å². The van der Waals surface area contributed by atoms with Crippen molar-refractivity contribution < 1.29 is 9.53 Å². The molecule has 5 heteroatoms. The first-order valence-corrected chi connectivity index (χ1v) is 8.47. The number of nitrogens with zero attached hydrogens (tertiary/aromatic N) is 3. The highest BCUT2D eigenvalue weighted by molar-refractivity contribution is 5.76. The first-order valence-electron chi connectivity index (χ1n) is 8.47. The second kappa shape index (κ2) is 7.90. The van der Waals surface area contributed by atoms with Crippen LogP contribution in [0.2, 0.25) is 0 Å². The lowest BCUT2D eigenvalue weighted by Gasteiger charge is -2.32. The molecule has 1 aromatic carbocycles. The molecule has 0 radical (unpaired) electrons. The topological polar surface area (TPSA) is 55.3 Å². The van der Waals surface area contributed by atoms with Gasteiger partial charge in [0.1, 0.15) is 11.6 Å². The number of rotatable bonds is 5. The molecule has 0 unspecified atom stereocenters. The molecule has 3 rings (SSSR count). The van der Waals surface area contributed by atoms with Crippen LogP contribution >= 0.6 is 0 Å². The molecular formula is C19H23N3O2. The Hall–Kier alpha value is -2.43. The minimum atomic E-state index is 0.154. The smallest absolute Gasteiger partial charge is 0.226 e. The number of aromatic nitrogens is 2. The number of piperidine rings is 1. The first-order chi connectivity index (χ1) is 11.7. The lowest BCUT2D eigenvalue weighted by molar-refractivity contribution is -0.132. The third-order valence-corrected chi connectivity index (χ3v) is 4.32. The monoisotopic (exact) mass is 325 g/mol. The summed E-state index contributed by atoms with van der Waals surface area (Å²) in [4.78, 5) is 23.1. The Morgan fingerprint density at radius 3 is 2.92 bits per heavy atom. The van der Waals surface area contributed by atoms with Gasteiger partial charge >= 0.3 is 0 Å². The molecule has 1 saturated heterocycles. The summed E-state index contributed by atoms with van der Waals surface area (Å²) in [5.41, 5.74) is 1.04. The van der Waals surface area contributed by atoms with Crippen molar-refractivity contribution in [3.05, 3.63) is 54.1 Å². The fourth-order valence-corrected chi connectivity index (χ4v) is 3.08. The number of ether oxygens (including phenoxy) is 1. The van der Waals surface area contributed by atoms with Crippen molar-refractivity contribution in [3.8, 4) is 5.75 Å². The van der Waals surface area contributed by atoms with Gasteiger partial charge in [0, 0.05) is 30.9 Å². The van der Waals surface area contributed by atoms with Crippen molar-refractivity contribution in [2.24, 2.45) is 0 Å². The summed E-state index contributed by atoms with van der Waals surface area (Å²) in [5.74, 6) is 2.05. The number of benzene rings is 1. The van der Waals surface area contributed by atoms with E-state index >= 15 is 0 Å². The van der Waals surface area contributed by atoms with Gasteiger partial charge in [-0.25, -0.2) is 9.97 Å². The number of likely N-dealkylation sites (tertiary alicyclic amines) is 1. The van der Waals surface area contributed by atoms with Gasteiger partial charge in [-0.3, -0.25) is 4.79 Å². The van der Waals surface area contributed by atoms with Crippen LogP contribution in [0.25, 0.3) is 0 Å². The Bertz CT molecular complexity index is 675. The third kappa shape index (κ3) is 4.31. The Kier molecular flexibility index (Phi) is 5.41. The van der Waals surface area contributed by atoms with Crippen molar-refractivity contribution in [1.82, 2.24) is 14.9 Å². The lowest BCUT2D eigenvalue weighted by atomic mass is 9.94. The zero-order valence-electron chi connectivity index (χ0n) is 14.0. The van der Waals surface area contributed by atoms with Crippen LogP contribution in [-0.2, 0) is 4.79 Å². The van der Waals surface area contributed by atoms with Gasteiger partial charge in [0.25, 0.3) is 0 Å². The van der Waals surface area contributed by atoms with E-state index < -0.39 is 0 Å². The Balaban J connectivity index is 1.51. The first kappa shape index (κ1) is 16.4. The lowest BCUT2D eigenvalue weighted by Crippen LogP contribution is -2.39. The summed E-state index contributed by atoms with van der Waals surface area (Å²) in [5, 5.41) is 0. The Morgan fingerprint density at radius 1 is 1.29 bits per heavy atom. The van der Waals surface area contributed by atoms with E-state index in [1.165, 1.54) is 0 Å². The molecule has 0 N–H and O–H groups in total. The van der Waals surface area contributed by atoms with Gasteiger partial charge in [-0.2, -0.15) is 0 Å². The van der Waals surface area contributed by atoms with Crippen molar-refractivity contribution in [2.75, 3.05) is 19.7 Å². The third-order valence-electron chi connectivity index (χ3n) is 4.32. The van der Waals surface area contributed by atoms with Crippen molar-refractivity contribution in [1.29, 1.82) is 0 Å². The average Bonchev–Trinajstić information content (AvgIpc) is 2.63. The molecule has 1 atom stereocenters. The molecule has 0 spiro atoms. The second-order valence-electron chi connectivity index (χ2n) is 6.12. The molecule has 0 saturated carbocycles. The fourth-order valence-electron chi connectivity index (χ4n) is 3.08. The standard InChI is InChI=1S/C19H23N3O2/c1-15-20-11-9-18(21-15)16-6-5-12-22(14-16)19(23)10-13-24-17-7-3-2-4-8-17/h2-4,7-9,11,16H,5-6,10,12-14H2,1H3/t16-/m0/s1. The van der Waals surface area contributed by atoms with Gasteiger partial charge < -0.3 is 9.64 Å². The molecule has 0 aliphatic carbocycles. The zero-order chi connectivity index (χ0) is 16.8. The quantitative estimate of drug-likeness (QED) is 0.848. The predicted octanol–water partition coefficient (Wildman–Crippen LogP) is 2.96. The maximum Gasteiger partial charge on any atom is 0.226 e. The van der Waals surface area contributed by atoms with Crippen LogP contribution in [0, 0.1) is 6.92 Å². The normalized spacial score (nSPS) is 17.5. The summed E-state index contributed by atoms with van der Waals surface area (Å²) in [6.45, 7) is 3.87. The number of carbonyl (C=O) groups is 1. The fraction of sp³-hybridized carbons (Fsp3) is 0.421. The summed E-state index contributed by atoms with van der Waals surface area (Å²) in [6.07, 6.45) is 4.29. The van der Waals surface area contributed by atoms with E-state index in [2.05, 4.69) is 9.97 Å². The molecule has 24 heavy (non-hydrogen) atoms. The summed E-state index contributed by atoms with van der Waals surface area (Å²) >= 11 is 0. The molecule has 0 bridgehead atoms. The van der Waals surface area contributed by atoms with Gasteiger partial charge in [-0.05, 0) is 38.0 Å². The summed E-state index contributed by atoms with van der Waals surface area (Å²) in [7, 11) is 0. The zero-order valence-corrected chi connectivity index (χ0v) is 14.0. The predicted molar refractivity (Wildman–Crippen MR) is 91.9 cm³/mol. The number of aryl methyl sites for hydroxylation is 1. The SMILES string of the molecule is Cc1nccc([C@H]2CCCN(C(=O)CCOc3ccccc3)C2)n1. The highest BCUT2D eigenvalue weighted by Crippen LogP contribution is 2.25. The Labute approximate surface area is 142 Å². The second-order valence-corrected chi connectivity index (χ2v) is 6.12. The van der Waals surface area contributed by atoms with Gasteiger partial charge in [0.15, 0.2) is 0 Å². The van der Waals surface area contributed by atoms with Crippen LogP contribution in [0.5, 0.6) is 5.75 Å². The number of para-hydroxylation sites is 1. The van der Waals surface area contributed by atoms with Crippen LogP contribution in [0.4, 0.5) is 0 Å². The molecular weight excluding hydrogens is 302 g/mol. The molecule has 5 nitrogen and oxygen atoms in total. The van der Waals surface area contributed by atoms with E-state index in [0.29, 0.717) is 18.9 Å². The highest BCUT2D eigenvalue weighted by Gasteiger charge is 2.25. The summed E-state index contributed by atoms with van der Waals surface area (Å²) in [6, 6.07) is 11.6. The number of hydrogen-bond acceptors (Lipinski definition) is 4. The van der Waals surface area contributed by atoms with Gasteiger partial charge in [-0.15, -0.1) is 0 Å². The van der Waals surface area contributed by atoms with Crippen LogP contribution in [-0.4, -0.2) is 40.5 Å². The van der Waals surface area contributed by atoms with Crippen molar-refractivity contribution >= 4 is 5.91 Å². The van der Waals surface area contributed by atoms with Crippen molar-refractivity contribution in [2.45, 2.75) is 32.1 Å². The van der Waals surface area contributed by atoms with E-state index in [1.54, 1.807) is 6.20 Å². The minimum Gasteiger partial charge on any atom is -0.493 e. The molecule has 1 amide bonds. The highest BCUT2D eigenvalue weighted by atomic mass is 16.5. The van der Waals surface area contributed by atoms with E-state index in [4.69, 9.17) is 4.74 Å². The van der Waals surface area contributed by atoms with Gasteiger partial charge in [-0.1, -0.05) is 18.2 Å². The largest absolute Gasteiger partial charge is 0.493 e. The molecule has 2 aromatic rings. The van der Waals surface area contributed by atoms with Crippen molar-refractivity contribution in [3.63, 3.8) is 0 Å². The van der Waals surface area contributed by atoms with E-state index in [0.717, 1.165) is 43.2 Å². The van der Waals surface area contributed by atoms with Crippen LogP contribution in [0.3, 0.4) is 0 Å². The average molecular weight is 325 g/mol. The van der Waals surface area contributed by atoms with Gasteiger partial charge in [0.2, 0.25) is 5.91 Å². The van der Waals surface area contributed by atoms with E-state index in [-0.39, 0.29) is 5.91 Å². The van der Waals surface area contributed by atoms with E-state index in [1.807, 2.05) is 48.2 Å².